The number of hydrogen-bond acceptors (Lipinski definition) is 6. The first-order valence-electron chi connectivity index (χ1n) is 17.1. The van der Waals surface area contributed by atoms with Gasteiger partial charge in [0.2, 0.25) is 0 Å². The minimum Gasteiger partial charge on any atom is -0.461 e. The molecule has 6 nitrogen and oxygen atoms in total. The maximum Gasteiger partial charge on any atom is 0.306 e. The van der Waals surface area contributed by atoms with Gasteiger partial charge >= 0.3 is 5.97 Å². The lowest BCUT2D eigenvalue weighted by Crippen LogP contribution is -2.65. The topological polar surface area (TPSA) is 104 Å². The number of fused-ring (bicyclic) bond motifs is 3. The predicted molar refractivity (Wildman–Crippen MR) is 166 cm³/mol. The highest BCUT2D eigenvalue weighted by Gasteiger charge is 2.75. The van der Waals surface area contributed by atoms with Crippen LogP contribution in [-0.2, 0) is 14.3 Å². The number of carbonyl (C=O) groups excluding carboxylic acids is 2. The monoisotopic (exact) mass is 586 g/mol. The van der Waals surface area contributed by atoms with Crippen LogP contribution in [0.1, 0.15) is 131 Å². The molecule has 0 aromatic rings. The largest absolute Gasteiger partial charge is 0.461 e. The quantitative estimate of drug-likeness (QED) is 0.104. The van der Waals surface area contributed by atoms with Crippen LogP contribution < -0.4 is 0 Å². The molecule has 42 heavy (non-hydrogen) atoms. The molecule has 2 bridgehead atoms. The summed E-state index contributed by atoms with van der Waals surface area (Å²) in [5.41, 5.74) is -2.65. The summed E-state index contributed by atoms with van der Waals surface area (Å²) in [5, 5.41) is 34.9. The second kappa shape index (κ2) is 13.6. The molecule has 0 heterocycles. The summed E-state index contributed by atoms with van der Waals surface area (Å²) in [4.78, 5) is 26.9. The Balaban J connectivity index is 1.27. The summed E-state index contributed by atoms with van der Waals surface area (Å²) in [6.45, 7) is 10.1. The number of allylic oxidation sites excluding steroid dienone is 1. The zero-order valence-corrected chi connectivity index (χ0v) is 27.0. The average Bonchev–Trinajstić information content (AvgIpc) is 3.45. The number of Topliss-reactive ketones (excluding diaryl/α,β-unsaturated/α-hetero) is 1. The molecule has 2 saturated carbocycles. The third-order valence-electron chi connectivity index (χ3n) is 11.6. The Hall–Kier alpha value is -1.50. The number of ether oxygens (including phenoxy) is 1. The van der Waals surface area contributed by atoms with E-state index in [0.717, 1.165) is 25.7 Å². The zero-order chi connectivity index (χ0) is 30.7. The highest BCUT2D eigenvalue weighted by molar-refractivity contribution is 5.95. The molecule has 4 rings (SSSR count). The molecule has 3 N–H and O–H groups in total. The Labute approximate surface area is 254 Å². The predicted octanol–water partition coefficient (Wildman–Crippen LogP) is 6.85. The van der Waals surface area contributed by atoms with E-state index < -0.39 is 29.1 Å². The number of carbonyl (C=O) groups is 2. The molecule has 0 aromatic carbocycles. The van der Waals surface area contributed by atoms with E-state index in [4.69, 9.17) is 4.74 Å². The van der Waals surface area contributed by atoms with E-state index >= 15 is 0 Å². The molecule has 0 aliphatic heterocycles. The third-order valence-corrected chi connectivity index (χ3v) is 11.6. The van der Waals surface area contributed by atoms with Crippen molar-refractivity contribution in [2.45, 2.75) is 149 Å². The fraction of sp³-hybridized carbons (Fsp3) is 0.833. The normalized spacial score (nSPS) is 36.3. The summed E-state index contributed by atoms with van der Waals surface area (Å²) in [7, 11) is 0. The van der Waals surface area contributed by atoms with Crippen molar-refractivity contribution >= 4 is 11.8 Å². The van der Waals surface area contributed by atoms with Crippen LogP contribution in [0.2, 0.25) is 0 Å². The lowest BCUT2D eigenvalue weighted by atomic mass is 9.59. The van der Waals surface area contributed by atoms with Crippen LogP contribution in [0.15, 0.2) is 23.3 Å². The summed E-state index contributed by atoms with van der Waals surface area (Å²) in [5.74, 6) is -0.780. The SMILES string of the molecule is CCCCCCCCCCCCCCCC(=O)OCC1=CC2C(=O)C3(C=C(C)C(O)C3(O)C1O)C(C)CC1C2C1(C)C. The number of aliphatic hydroxyl groups is 3. The van der Waals surface area contributed by atoms with E-state index in [2.05, 4.69) is 20.8 Å². The first-order chi connectivity index (χ1) is 19.9. The molecule has 0 amide bonds. The van der Waals surface area contributed by atoms with Gasteiger partial charge in [-0.25, -0.2) is 0 Å². The van der Waals surface area contributed by atoms with Gasteiger partial charge in [-0.3, -0.25) is 9.59 Å². The standard InChI is InChI=1S/C36H58O6/c1-6-7-8-9-10-11-12-13-14-15-16-17-18-19-29(37)42-23-26-21-27-30-28(34(30,4)5)20-25(3)35(33(27)40)22-24(2)31(38)36(35,41)32(26)39/h21-22,25,27-28,30-32,38-39,41H,6-20,23H2,1-5H3. The molecule has 8 atom stereocenters. The van der Waals surface area contributed by atoms with Crippen LogP contribution in [0.4, 0.5) is 0 Å². The van der Waals surface area contributed by atoms with Crippen LogP contribution in [-0.4, -0.2) is 51.5 Å². The summed E-state index contributed by atoms with van der Waals surface area (Å²) < 4.78 is 5.62. The van der Waals surface area contributed by atoms with Gasteiger partial charge in [0, 0.05) is 12.3 Å². The van der Waals surface area contributed by atoms with E-state index in [1.807, 2.05) is 6.92 Å². The summed E-state index contributed by atoms with van der Waals surface area (Å²) >= 11 is 0. The molecular weight excluding hydrogens is 528 g/mol. The first-order valence-corrected chi connectivity index (χ1v) is 17.1. The van der Waals surface area contributed by atoms with Crippen molar-refractivity contribution in [1.82, 2.24) is 0 Å². The van der Waals surface area contributed by atoms with Gasteiger partial charge in [-0.05, 0) is 54.1 Å². The van der Waals surface area contributed by atoms with Gasteiger partial charge in [-0.1, -0.05) is 117 Å². The van der Waals surface area contributed by atoms with Crippen molar-refractivity contribution in [3.8, 4) is 0 Å². The van der Waals surface area contributed by atoms with Crippen molar-refractivity contribution < 1.29 is 29.6 Å². The Morgan fingerprint density at radius 1 is 0.929 bits per heavy atom. The highest BCUT2D eigenvalue weighted by Crippen LogP contribution is 2.71. The lowest BCUT2D eigenvalue weighted by molar-refractivity contribution is -0.190. The first kappa shape index (κ1) is 33.4. The van der Waals surface area contributed by atoms with E-state index in [-0.39, 0.29) is 35.6 Å². The van der Waals surface area contributed by atoms with Crippen molar-refractivity contribution in [1.29, 1.82) is 0 Å². The molecule has 6 heteroatoms. The number of hydrogen-bond donors (Lipinski definition) is 3. The summed E-state index contributed by atoms with van der Waals surface area (Å²) in [6.07, 6.45) is 17.8. The van der Waals surface area contributed by atoms with E-state index in [0.29, 0.717) is 23.5 Å². The van der Waals surface area contributed by atoms with Gasteiger partial charge in [0.1, 0.15) is 24.4 Å². The fourth-order valence-corrected chi connectivity index (χ4v) is 8.94. The smallest absolute Gasteiger partial charge is 0.306 e. The maximum absolute atomic E-state index is 14.3. The van der Waals surface area contributed by atoms with Gasteiger partial charge in [0.05, 0.1) is 5.41 Å². The fourth-order valence-electron chi connectivity index (χ4n) is 8.94. The Morgan fingerprint density at radius 2 is 1.48 bits per heavy atom. The molecule has 1 spiro atoms. The highest BCUT2D eigenvalue weighted by atomic mass is 16.5. The van der Waals surface area contributed by atoms with Gasteiger partial charge in [0.15, 0.2) is 5.78 Å². The third kappa shape index (κ3) is 6.06. The van der Waals surface area contributed by atoms with E-state index in [9.17, 15) is 24.9 Å². The lowest BCUT2D eigenvalue weighted by Gasteiger charge is -2.48. The molecule has 238 valence electrons. The van der Waals surface area contributed by atoms with Crippen LogP contribution in [0.25, 0.3) is 0 Å². The molecule has 0 radical (unpaired) electrons. The number of unbranched alkanes of at least 4 members (excludes halogenated alkanes) is 12. The number of rotatable bonds is 16. The van der Waals surface area contributed by atoms with Crippen LogP contribution in [0, 0.1) is 34.5 Å². The molecular formula is C36H58O6. The van der Waals surface area contributed by atoms with Crippen molar-refractivity contribution in [2.75, 3.05) is 6.61 Å². The second-order valence-corrected chi connectivity index (χ2v) is 14.8. The molecule has 2 fully saturated rings. The second-order valence-electron chi connectivity index (χ2n) is 14.8. The molecule has 0 saturated heterocycles. The molecule has 8 unspecified atom stereocenters. The number of esters is 1. The van der Waals surface area contributed by atoms with Gasteiger partial charge < -0.3 is 20.1 Å². The van der Waals surface area contributed by atoms with Crippen molar-refractivity contribution in [3.05, 3.63) is 23.3 Å². The number of aliphatic hydroxyl groups excluding tert-OH is 2. The molecule has 4 aliphatic rings. The van der Waals surface area contributed by atoms with Crippen LogP contribution >= 0.6 is 0 Å². The van der Waals surface area contributed by atoms with Gasteiger partial charge in [-0.2, -0.15) is 0 Å². The molecule has 0 aromatic heterocycles. The average molecular weight is 587 g/mol. The zero-order valence-electron chi connectivity index (χ0n) is 27.0. The Bertz CT molecular complexity index is 1030. The van der Waals surface area contributed by atoms with Crippen molar-refractivity contribution in [2.24, 2.45) is 34.5 Å². The van der Waals surface area contributed by atoms with E-state index in [1.165, 1.54) is 64.2 Å². The van der Waals surface area contributed by atoms with Gasteiger partial charge in [-0.15, -0.1) is 0 Å². The molecule has 4 aliphatic carbocycles. The Morgan fingerprint density at radius 3 is 2.05 bits per heavy atom. The Kier molecular flexibility index (Phi) is 10.9. The maximum atomic E-state index is 14.3. The minimum atomic E-state index is -2.09. The minimum absolute atomic E-state index is 0.0217. The van der Waals surface area contributed by atoms with Crippen LogP contribution in [0.3, 0.4) is 0 Å². The van der Waals surface area contributed by atoms with E-state index in [1.54, 1.807) is 19.1 Å². The van der Waals surface area contributed by atoms with Crippen LogP contribution in [0.5, 0.6) is 0 Å². The summed E-state index contributed by atoms with van der Waals surface area (Å²) in [6, 6.07) is 0. The number of ketones is 1. The van der Waals surface area contributed by atoms with Gasteiger partial charge in [0.25, 0.3) is 0 Å². The van der Waals surface area contributed by atoms with Crippen molar-refractivity contribution in [3.63, 3.8) is 0 Å².